The maximum Gasteiger partial charge on any atom is 0.119 e. The third-order valence-corrected chi connectivity index (χ3v) is 6.52. The number of hydrogen-bond donors (Lipinski definition) is 2. The third kappa shape index (κ3) is 3.87. The van der Waals surface area contributed by atoms with Crippen molar-refractivity contribution in [3.8, 4) is 11.5 Å². The maximum absolute atomic E-state index is 10.6. The molecule has 3 rings (SSSR count). The smallest absolute Gasteiger partial charge is 0.119 e. The molecule has 0 saturated heterocycles. The molecule has 1 aliphatic carbocycles. The van der Waals surface area contributed by atoms with Gasteiger partial charge in [-0.15, -0.1) is 13.2 Å². The van der Waals surface area contributed by atoms with Gasteiger partial charge in [0.25, 0.3) is 0 Å². The number of aromatic hydroxyl groups is 2. The van der Waals surface area contributed by atoms with E-state index in [9.17, 15) is 10.2 Å². The second-order valence-electron chi connectivity index (χ2n) is 8.21. The van der Waals surface area contributed by atoms with E-state index in [0.29, 0.717) is 30.3 Å². The van der Waals surface area contributed by atoms with Gasteiger partial charge in [0.15, 0.2) is 0 Å². The lowest BCUT2D eigenvalue weighted by molar-refractivity contribution is 0.253. The molecule has 1 saturated carbocycles. The highest BCUT2D eigenvalue weighted by Gasteiger charge is 2.38. The van der Waals surface area contributed by atoms with Gasteiger partial charge in [0.2, 0.25) is 0 Å². The summed E-state index contributed by atoms with van der Waals surface area (Å²) in [6.45, 7) is 9.82. The van der Waals surface area contributed by atoms with Gasteiger partial charge in [-0.05, 0) is 66.0 Å². The van der Waals surface area contributed by atoms with E-state index in [1.165, 1.54) is 32.1 Å². The molecule has 1 aliphatic rings. The third-order valence-electron chi connectivity index (χ3n) is 6.52. The molecule has 0 bridgehead atoms. The maximum atomic E-state index is 10.6. The summed E-state index contributed by atoms with van der Waals surface area (Å²) in [6.07, 6.45) is 11.0. The zero-order chi connectivity index (χ0) is 20.1. The highest BCUT2D eigenvalue weighted by Crippen LogP contribution is 2.47. The van der Waals surface area contributed by atoms with Crippen LogP contribution in [0.5, 0.6) is 11.5 Å². The van der Waals surface area contributed by atoms with Crippen LogP contribution in [0.1, 0.15) is 61.3 Å². The second kappa shape index (κ2) is 8.68. The second-order valence-corrected chi connectivity index (χ2v) is 8.21. The Bertz CT molecular complexity index is 784. The predicted octanol–water partition coefficient (Wildman–Crippen LogP) is 6.44. The SMILES string of the molecule is C=CCc1ccc(C(C)(c2ccc(CC=C)c(O)c2)C2CCCCC2)cc1O. The average molecular weight is 377 g/mol. The molecule has 0 amide bonds. The highest BCUT2D eigenvalue weighted by molar-refractivity contribution is 5.49. The molecule has 1 fully saturated rings. The number of phenols is 2. The van der Waals surface area contributed by atoms with Crippen molar-refractivity contribution in [2.24, 2.45) is 5.92 Å². The molecule has 0 aromatic heterocycles. The molecule has 0 unspecified atom stereocenters. The normalized spacial score (nSPS) is 15.3. The van der Waals surface area contributed by atoms with Crippen molar-refractivity contribution in [3.05, 3.63) is 84.0 Å². The van der Waals surface area contributed by atoms with Gasteiger partial charge in [-0.25, -0.2) is 0 Å². The van der Waals surface area contributed by atoms with Crippen LogP contribution in [0.2, 0.25) is 0 Å². The minimum absolute atomic E-state index is 0.255. The topological polar surface area (TPSA) is 40.5 Å². The van der Waals surface area contributed by atoms with Crippen molar-refractivity contribution in [2.45, 2.75) is 57.3 Å². The summed E-state index contributed by atoms with van der Waals surface area (Å²) in [4.78, 5) is 0. The Labute approximate surface area is 169 Å². The molecule has 0 atom stereocenters. The number of benzene rings is 2. The van der Waals surface area contributed by atoms with E-state index in [0.717, 1.165) is 22.3 Å². The molecular formula is C26H32O2. The summed E-state index contributed by atoms with van der Waals surface area (Å²) in [5.41, 5.74) is 3.76. The molecule has 2 N–H and O–H groups in total. The highest BCUT2D eigenvalue weighted by atomic mass is 16.3. The molecule has 28 heavy (non-hydrogen) atoms. The van der Waals surface area contributed by atoms with Crippen molar-refractivity contribution in [2.75, 3.05) is 0 Å². The van der Waals surface area contributed by atoms with Crippen LogP contribution in [0.4, 0.5) is 0 Å². The monoisotopic (exact) mass is 376 g/mol. The van der Waals surface area contributed by atoms with Crippen molar-refractivity contribution in [1.29, 1.82) is 0 Å². The lowest BCUT2D eigenvalue weighted by Crippen LogP contribution is -2.35. The first-order valence-corrected chi connectivity index (χ1v) is 10.4. The largest absolute Gasteiger partial charge is 0.508 e. The van der Waals surface area contributed by atoms with Crippen LogP contribution in [-0.2, 0) is 18.3 Å². The fourth-order valence-corrected chi connectivity index (χ4v) is 4.75. The summed E-state index contributed by atoms with van der Waals surface area (Å²) >= 11 is 0. The molecule has 0 aliphatic heterocycles. The van der Waals surface area contributed by atoms with Gasteiger partial charge >= 0.3 is 0 Å². The lowest BCUT2D eigenvalue weighted by atomic mass is 9.62. The van der Waals surface area contributed by atoms with E-state index in [-0.39, 0.29) is 5.41 Å². The Morgan fingerprint density at radius 1 is 0.857 bits per heavy atom. The summed E-state index contributed by atoms with van der Waals surface area (Å²) in [7, 11) is 0. The molecule has 2 heteroatoms. The van der Waals surface area contributed by atoms with Crippen LogP contribution in [0.15, 0.2) is 61.7 Å². The lowest BCUT2D eigenvalue weighted by Gasteiger charge is -2.41. The summed E-state index contributed by atoms with van der Waals surface area (Å²) in [5, 5.41) is 21.2. The Morgan fingerprint density at radius 3 is 1.71 bits per heavy atom. The zero-order valence-electron chi connectivity index (χ0n) is 17.0. The standard InChI is InChI=1S/C26H32O2/c1-4-9-19-13-15-22(17-24(19)27)26(3,21-11-7-6-8-12-21)23-16-14-20(10-5-2)25(28)18-23/h4-5,13-18,21,27-28H,1-2,6-12H2,3H3. The number of rotatable bonds is 7. The van der Waals surface area contributed by atoms with Gasteiger partial charge in [0.05, 0.1) is 0 Å². The number of hydrogen-bond acceptors (Lipinski definition) is 2. The average Bonchev–Trinajstić information content (AvgIpc) is 2.71. The van der Waals surface area contributed by atoms with Crippen molar-refractivity contribution < 1.29 is 10.2 Å². The van der Waals surface area contributed by atoms with Crippen LogP contribution >= 0.6 is 0 Å². The fraction of sp³-hybridized carbons (Fsp3) is 0.385. The summed E-state index contributed by atoms with van der Waals surface area (Å²) in [6, 6.07) is 12.1. The molecule has 2 aromatic carbocycles. The van der Waals surface area contributed by atoms with Gasteiger partial charge in [-0.3, -0.25) is 0 Å². The van der Waals surface area contributed by atoms with Crippen molar-refractivity contribution >= 4 is 0 Å². The van der Waals surface area contributed by atoms with Crippen molar-refractivity contribution in [3.63, 3.8) is 0 Å². The van der Waals surface area contributed by atoms with E-state index in [2.05, 4.69) is 32.2 Å². The first-order valence-electron chi connectivity index (χ1n) is 10.4. The number of phenolic OH excluding ortho intramolecular Hbond substituents is 2. The minimum Gasteiger partial charge on any atom is -0.508 e. The van der Waals surface area contributed by atoms with Crippen LogP contribution in [-0.4, -0.2) is 10.2 Å². The van der Waals surface area contributed by atoms with Gasteiger partial charge in [-0.2, -0.15) is 0 Å². The van der Waals surface area contributed by atoms with Crippen LogP contribution < -0.4 is 0 Å². The summed E-state index contributed by atoms with van der Waals surface area (Å²) in [5.74, 6) is 1.13. The Hall–Kier alpha value is -2.48. The van der Waals surface area contributed by atoms with E-state index >= 15 is 0 Å². The first kappa shape index (κ1) is 20.3. The van der Waals surface area contributed by atoms with Gasteiger partial charge in [0, 0.05) is 5.41 Å². The summed E-state index contributed by atoms with van der Waals surface area (Å²) < 4.78 is 0. The van der Waals surface area contributed by atoms with Crippen LogP contribution in [0.25, 0.3) is 0 Å². The molecular weight excluding hydrogens is 344 g/mol. The Morgan fingerprint density at radius 2 is 1.32 bits per heavy atom. The molecule has 0 heterocycles. The Balaban J connectivity index is 2.10. The minimum atomic E-state index is -0.255. The molecule has 2 aromatic rings. The van der Waals surface area contributed by atoms with Gasteiger partial charge in [-0.1, -0.05) is 62.6 Å². The molecule has 0 spiro atoms. The van der Waals surface area contributed by atoms with Gasteiger partial charge < -0.3 is 10.2 Å². The predicted molar refractivity (Wildman–Crippen MR) is 117 cm³/mol. The Kier molecular flexibility index (Phi) is 6.28. The van der Waals surface area contributed by atoms with Crippen LogP contribution in [0, 0.1) is 5.92 Å². The molecule has 2 nitrogen and oxygen atoms in total. The molecule has 148 valence electrons. The van der Waals surface area contributed by atoms with E-state index in [1.54, 1.807) is 0 Å². The fourth-order valence-electron chi connectivity index (χ4n) is 4.75. The van der Waals surface area contributed by atoms with Crippen molar-refractivity contribution in [1.82, 2.24) is 0 Å². The quantitative estimate of drug-likeness (QED) is 0.546. The van der Waals surface area contributed by atoms with E-state index in [1.807, 2.05) is 36.4 Å². The first-order chi connectivity index (χ1) is 13.5. The van der Waals surface area contributed by atoms with Gasteiger partial charge in [0.1, 0.15) is 11.5 Å². The number of allylic oxidation sites excluding steroid dienone is 2. The zero-order valence-corrected chi connectivity index (χ0v) is 17.0. The van der Waals surface area contributed by atoms with Crippen LogP contribution in [0.3, 0.4) is 0 Å². The van der Waals surface area contributed by atoms with E-state index in [4.69, 9.17) is 0 Å². The van der Waals surface area contributed by atoms with E-state index < -0.39 is 0 Å². The molecule has 0 radical (unpaired) electrons.